The molecule has 0 unspecified atom stereocenters. The maximum atomic E-state index is 13.1. The molecule has 7 heteroatoms. The lowest BCUT2D eigenvalue weighted by molar-refractivity contribution is 0.454. The average molecular weight is 450 g/mol. The summed E-state index contributed by atoms with van der Waals surface area (Å²) >= 11 is 0. The molecule has 0 aliphatic carbocycles. The Bertz CT molecular complexity index is 1540. The first-order valence-electron chi connectivity index (χ1n) is 11.2. The molecule has 0 spiro atoms. The van der Waals surface area contributed by atoms with E-state index in [0.717, 1.165) is 12.0 Å². The molecule has 2 aromatic heterocycles. The predicted molar refractivity (Wildman–Crippen MR) is 130 cm³/mol. The molecular weight excluding hydrogens is 428 g/mol. The van der Waals surface area contributed by atoms with Crippen LogP contribution in [-0.2, 0) is 13.5 Å². The molecule has 1 N–H and O–H groups in total. The van der Waals surface area contributed by atoms with E-state index >= 15 is 0 Å². The van der Waals surface area contributed by atoms with Gasteiger partial charge in [-0.05, 0) is 35.2 Å². The van der Waals surface area contributed by atoms with Gasteiger partial charge in [-0.3, -0.25) is 9.36 Å². The molecule has 168 valence electrons. The van der Waals surface area contributed by atoms with Crippen LogP contribution in [0.3, 0.4) is 0 Å². The molecule has 0 saturated heterocycles. The molecule has 1 atom stereocenters. The van der Waals surface area contributed by atoms with Crippen molar-refractivity contribution in [2.75, 3.05) is 11.4 Å². The van der Waals surface area contributed by atoms with Crippen LogP contribution in [0.15, 0.2) is 88.1 Å². The zero-order valence-electron chi connectivity index (χ0n) is 18.5. The molecule has 5 aromatic rings. The van der Waals surface area contributed by atoms with Crippen molar-refractivity contribution in [3.8, 4) is 17.3 Å². The largest absolute Gasteiger partial charge is 0.501 e. The van der Waals surface area contributed by atoms with Crippen molar-refractivity contribution < 1.29 is 9.52 Å². The van der Waals surface area contributed by atoms with Crippen molar-refractivity contribution in [3.05, 3.63) is 106 Å². The summed E-state index contributed by atoms with van der Waals surface area (Å²) in [5.74, 6) is 0.0845. The molecule has 0 fully saturated rings. The highest BCUT2D eigenvalue weighted by Gasteiger charge is 2.32. The summed E-state index contributed by atoms with van der Waals surface area (Å²) < 4.78 is 7.23. The fourth-order valence-electron chi connectivity index (χ4n) is 4.74. The number of aromatic hydroxyl groups is 1. The second kappa shape index (κ2) is 7.88. The molecule has 0 bridgehead atoms. The maximum Gasteiger partial charge on any atom is 0.297 e. The summed E-state index contributed by atoms with van der Waals surface area (Å²) in [7, 11) is 1.63. The summed E-state index contributed by atoms with van der Waals surface area (Å²) in [6.45, 7) is 0.661. The Morgan fingerprint density at radius 3 is 2.50 bits per heavy atom. The summed E-state index contributed by atoms with van der Waals surface area (Å²) in [5, 5.41) is 10.7. The Kier molecular flexibility index (Phi) is 4.69. The van der Waals surface area contributed by atoms with E-state index in [1.807, 2.05) is 42.5 Å². The fraction of sp³-hybridized carbons (Fsp3) is 0.148. The maximum absolute atomic E-state index is 13.1. The number of aromatic nitrogens is 3. The van der Waals surface area contributed by atoms with E-state index in [1.165, 1.54) is 15.7 Å². The van der Waals surface area contributed by atoms with Crippen LogP contribution in [0.5, 0.6) is 5.75 Å². The van der Waals surface area contributed by atoms with Crippen LogP contribution in [0.1, 0.15) is 22.7 Å². The zero-order valence-corrected chi connectivity index (χ0v) is 18.5. The van der Waals surface area contributed by atoms with E-state index < -0.39 is 11.3 Å². The lowest BCUT2D eigenvalue weighted by atomic mass is 9.88. The molecule has 3 aromatic carbocycles. The second-order valence-corrected chi connectivity index (χ2v) is 8.42. The van der Waals surface area contributed by atoms with E-state index in [9.17, 15) is 9.90 Å². The number of rotatable bonds is 3. The summed E-state index contributed by atoms with van der Waals surface area (Å²) in [5.41, 5.74) is 4.24. The number of para-hydroxylation sites is 2. The highest BCUT2D eigenvalue weighted by atomic mass is 16.4. The molecule has 34 heavy (non-hydrogen) atoms. The van der Waals surface area contributed by atoms with Gasteiger partial charge in [-0.1, -0.05) is 66.7 Å². The first kappa shape index (κ1) is 20.2. The zero-order chi connectivity index (χ0) is 23.2. The highest BCUT2D eigenvalue weighted by Crippen LogP contribution is 2.38. The molecule has 1 aliphatic rings. The Hall–Kier alpha value is -4.39. The van der Waals surface area contributed by atoms with Crippen LogP contribution in [0.4, 0.5) is 5.95 Å². The van der Waals surface area contributed by atoms with Gasteiger partial charge in [-0.15, -0.1) is 0 Å². The van der Waals surface area contributed by atoms with E-state index in [-0.39, 0.29) is 17.6 Å². The van der Waals surface area contributed by atoms with Crippen molar-refractivity contribution in [3.63, 3.8) is 0 Å². The Labute approximate surface area is 195 Å². The molecule has 6 rings (SSSR count). The molecule has 7 nitrogen and oxygen atoms in total. The topological polar surface area (TPSA) is 84.4 Å². The van der Waals surface area contributed by atoms with Crippen LogP contribution in [0.25, 0.3) is 22.7 Å². The average Bonchev–Trinajstić information content (AvgIpc) is 3.31. The Morgan fingerprint density at radius 1 is 0.941 bits per heavy atom. The predicted octanol–water partition coefficient (Wildman–Crippen LogP) is 4.45. The number of anilines is 1. The number of hydrogen-bond acceptors (Lipinski definition) is 6. The van der Waals surface area contributed by atoms with Crippen molar-refractivity contribution in [1.29, 1.82) is 0 Å². The van der Waals surface area contributed by atoms with Gasteiger partial charge in [-0.2, -0.15) is 0 Å². The minimum Gasteiger partial charge on any atom is -0.501 e. The quantitative estimate of drug-likeness (QED) is 0.437. The third-order valence-corrected chi connectivity index (χ3v) is 6.40. The van der Waals surface area contributed by atoms with E-state index in [2.05, 4.69) is 40.2 Å². The van der Waals surface area contributed by atoms with Crippen LogP contribution < -0.4 is 10.5 Å². The van der Waals surface area contributed by atoms with Gasteiger partial charge in [0.05, 0.1) is 6.04 Å². The number of nitrogens with zero attached hydrogens (tertiary/aromatic N) is 4. The van der Waals surface area contributed by atoms with Gasteiger partial charge < -0.3 is 14.4 Å². The third kappa shape index (κ3) is 3.16. The molecule has 1 aliphatic heterocycles. The molecule has 0 saturated carbocycles. The second-order valence-electron chi connectivity index (χ2n) is 8.42. The normalized spacial score (nSPS) is 15.4. The number of benzene rings is 3. The van der Waals surface area contributed by atoms with Crippen LogP contribution in [0, 0.1) is 0 Å². The van der Waals surface area contributed by atoms with Gasteiger partial charge in [-0.25, -0.2) is 9.97 Å². The van der Waals surface area contributed by atoms with E-state index in [4.69, 9.17) is 9.40 Å². The van der Waals surface area contributed by atoms with Crippen molar-refractivity contribution in [2.45, 2.75) is 12.5 Å². The Morgan fingerprint density at radius 2 is 1.68 bits per heavy atom. The van der Waals surface area contributed by atoms with E-state index in [1.54, 1.807) is 13.1 Å². The molecular formula is C27H22N4O3. The number of oxazole rings is 1. The van der Waals surface area contributed by atoms with Gasteiger partial charge in [0.2, 0.25) is 11.7 Å². The number of hydrogen-bond donors (Lipinski definition) is 1. The fourth-order valence-corrected chi connectivity index (χ4v) is 4.74. The van der Waals surface area contributed by atoms with Crippen molar-refractivity contribution in [2.24, 2.45) is 7.05 Å². The van der Waals surface area contributed by atoms with Gasteiger partial charge in [0, 0.05) is 13.6 Å². The van der Waals surface area contributed by atoms with Gasteiger partial charge >= 0.3 is 0 Å². The highest BCUT2D eigenvalue weighted by molar-refractivity contribution is 5.76. The summed E-state index contributed by atoms with van der Waals surface area (Å²) in [6, 6.07) is 25.7. The Balaban J connectivity index is 1.55. The summed E-state index contributed by atoms with van der Waals surface area (Å²) in [6.07, 6.45) is 0.814. The van der Waals surface area contributed by atoms with Crippen LogP contribution in [-0.4, -0.2) is 26.2 Å². The smallest absolute Gasteiger partial charge is 0.297 e. The third-order valence-electron chi connectivity index (χ3n) is 6.40. The lowest BCUT2D eigenvalue weighted by Gasteiger charge is -2.39. The minimum absolute atomic E-state index is 0.0416. The van der Waals surface area contributed by atoms with Crippen LogP contribution in [0.2, 0.25) is 0 Å². The first-order valence-corrected chi connectivity index (χ1v) is 11.2. The van der Waals surface area contributed by atoms with Gasteiger partial charge in [0.25, 0.3) is 11.4 Å². The SMILES string of the molecule is Cn1c(N2CCc3ccccc3[C@@H]2c2ccccc2)nc(-c2nc3ccccc3o2)c(O)c1=O. The van der Waals surface area contributed by atoms with Gasteiger partial charge in [0.15, 0.2) is 11.3 Å². The molecule has 0 radical (unpaired) electrons. The van der Waals surface area contributed by atoms with Crippen LogP contribution >= 0.6 is 0 Å². The van der Waals surface area contributed by atoms with Gasteiger partial charge in [0.1, 0.15) is 5.52 Å². The molecule has 0 amide bonds. The standard InChI is InChI=1S/C27H22N4O3/c1-30-26(33)24(32)22(25-28-20-13-7-8-14-21(20)34-25)29-27(30)31-16-15-17-9-5-6-12-19(17)23(31)18-10-3-2-4-11-18/h2-14,23,32H,15-16H2,1H3/t23-/m0/s1. The minimum atomic E-state index is -0.548. The van der Waals surface area contributed by atoms with Crippen molar-refractivity contribution >= 4 is 17.0 Å². The first-order chi connectivity index (χ1) is 16.6. The van der Waals surface area contributed by atoms with E-state index in [0.29, 0.717) is 23.6 Å². The van der Waals surface area contributed by atoms with Crippen molar-refractivity contribution in [1.82, 2.24) is 14.5 Å². The monoisotopic (exact) mass is 450 g/mol. The lowest BCUT2D eigenvalue weighted by Crippen LogP contribution is -2.40. The summed E-state index contributed by atoms with van der Waals surface area (Å²) in [4.78, 5) is 24.4. The molecule has 3 heterocycles. The number of fused-ring (bicyclic) bond motifs is 2.